The van der Waals surface area contributed by atoms with Crippen LogP contribution in [0.25, 0.3) is 0 Å². The zero-order chi connectivity index (χ0) is 17.0. The van der Waals surface area contributed by atoms with Crippen molar-refractivity contribution >= 4 is 15.9 Å². The quantitative estimate of drug-likeness (QED) is 0.912. The molecule has 6 heteroatoms. The van der Waals surface area contributed by atoms with Gasteiger partial charge >= 0.3 is 0 Å². The van der Waals surface area contributed by atoms with E-state index in [2.05, 4.69) is 5.32 Å². The Morgan fingerprint density at radius 1 is 1.04 bits per heavy atom. The van der Waals surface area contributed by atoms with E-state index in [-0.39, 0.29) is 17.3 Å². The summed E-state index contributed by atoms with van der Waals surface area (Å²) in [5.41, 5.74) is 2.18. The van der Waals surface area contributed by atoms with Crippen LogP contribution in [0.3, 0.4) is 0 Å². The average Bonchev–Trinajstić information content (AvgIpc) is 2.53. The number of amides is 1. The SMILES string of the molecule is Cc1ccc(C(=O)NCc2ccccc2S(=O)(=O)N(C)C)cc1. The first kappa shape index (κ1) is 17.2. The van der Waals surface area contributed by atoms with Gasteiger partial charge < -0.3 is 5.32 Å². The first-order valence-corrected chi connectivity index (χ1v) is 8.61. The predicted molar refractivity (Wildman–Crippen MR) is 89.7 cm³/mol. The molecule has 0 saturated carbocycles. The number of hydrogen-bond donors (Lipinski definition) is 1. The summed E-state index contributed by atoms with van der Waals surface area (Å²) in [7, 11) is -0.577. The lowest BCUT2D eigenvalue weighted by Gasteiger charge is -2.15. The summed E-state index contributed by atoms with van der Waals surface area (Å²) in [6, 6.07) is 13.9. The van der Waals surface area contributed by atoms with Gasteiger partial charge in [0, 0.05) is 26.2 Å². The van der Waals surface area contributed by atoms with Crippen molar-refractivity contribution in [3.05, 3.63) is 65.2 Å². The molecule has 5 nitrogen and oxygen atoms in total. The number of rotatable bonds is 5. The van der Waals surface area contributed by atoms with Crippen molar-refractivity contribution in [1.29, 1.82) is 0 Å². The molecule has 0 bridgehead atoms. The molecule has 0 aliphatic heterocycles. The van der Waals surface area contributed by atoms with E-state index < -0.39 is 10.0 Å². The number of carbonyl (C=O) groups excluding carboxylic acids is 1. The topological polar surface area (TPSA) is 66.5 Å². The van der Waals surface area contributed by atoms with Gasteiger partial charge in [-0.2, -0.15) is 0 Å². The Hall–Kier alpha value is -2.18. The molecule has 2 rings (SSSR count). The molecule has 0 fully saturated rings. The fraction of sp³-hybridized carbons (Fsp3) is 0.235. The monoisotopic (exact) mass is 332 g/mol. The average molecular weight is 332 g/mol. The number of nitrogens with one attached hydrogen (secondary N) is 1. The van der Waals surface area contributed by atoms with Crippen molar-refractivity contribution in [2.75, 3.05) is 14.1 Å². The molecule has 0 atom stereocenters. The van der Waals surface area contributed by atoms with Gasteiger partial charge in [-0.25, -0.2) is 12.7 Å². The Morgan fingerprint density at radius 3 is 2.26 bits per heavy atom. The van der Waals surface area contributed by atoms with Crippen molar-refractivity contribution in [3.63, 3.8) is 0 Å². The maximum Gasteiger partial charge on any atom is 0.251 e. The van der Waals surface area contributed by atoms with Crippen LogP contribution in [0.15, 0.2) is 53.4 Å². The molecule has 1 N–H and O–H groups in total. The minimum atomic E-state index is -3.54. The Morgan fingerprint density at radius 2 is 1.65 bits per heavy atom. The van der Waals surface area contributed by atoms with Gasteiger partial charge in [0.25, 0.3) is 5.91 Å². The Kier molecular flexibility index (Phi) is 5.18. The summed E-state index contributed by atoms with van der Waals surface area (Å²) in [6.07, 6.45) is 0. The van der Waals surface area contributed by atoms with E-state index in [4.69, 9.17) is 0 Å². The van der Waals surface area contributed by atoms with Crippen LogP contribution in [-0.4, -0.2) is 32.7 Å². The number of benzene rings is 2. The maximum absolute atomic E-state index is 12.3. The van der Waals surface area contributed by atoms with E-state index in [1.807, 2.05) is 19.1 Å². The molecular weight excluding hydrogens is 312 g/mol. The first-order valence-electron chi connectivity index (χ1n) is 7.17. The van der Waals surface area contributed by atoms with Crippen LogP contribution in [0.5, 0.6) is 0 Å². The van der Waals surface area contributed by atoms with E-state index in [1.54, 1.807) is 36.4 Å². The van der Waals surface area contributed by atoms with Gasteiger partial charge in [-0.15, -0.1) is 0 Å². The van der Waals surface area contributed by atoms with Crippen LogP contribution in [-0.2, 0) is 16.6 Å². The number of sulfonamides is 1. The number of carbonyl (C=O) groups is 1. The third-order valence-corrected chi connectivity index (χ3v) is 5.40. The molecule has 0 spiro atoms. The van der Waals surface area contributed by atoms with E-state index in [0.29, 0.717) is 11.1 Å². The molecule has 0 heterocycles. The third-order valence-electron chi connectivity index (χ3n) is 3.48. The fourth-order valence-corrected chi connectivity index (χ4v) is 3.20. The zero-order valence-electron chi connectivity index (χ0n) is 13.4. The van der Waals surface area contributed by atoms with Crippen molar-refractivity contribution < 1.29 is 13.2 Å². The number of hydrogen-bond acceptors (Lipinski definition) is 3. The number of nitrogens with zero attached hydrogens (tertiary/aromatic N) is 1. The number of aryl methyl sites for hydroxylation is 1. The van der Waals surface area contributed by atoms with E-state index in [0.717, 1.165) is 9.87 Å². The molecule has 0 aliphatic carbocycles. The summed E-state index contributed by atoms with van der Waals surface area (Å²) in [5, 5.41) is 2.76. The van der Waals surface area contributed by atoms with Crippen LogP contribution in [0.2, 0.25) is 0 Å². The molecule has 0 aromatic heterocycles. The molecule has 0 saturated heterocycles. The summed E-state index contributed by atoms with van der Waals surface area (Å²) in [5.74, 6) is -0.234. The smallest absolute Gasteiger partial charge is 0.251 e. The highest BCUT2D eigenvalue weighted by atomic mass is 32.2. The van der Waals surface area contributed by atoms with Crippen molar-refractivity contribution in [2.45, 2.75) is 18.4 Å². The molecule has 122 valence electrons. The van der Waals surface area contributed by atoms with E-state index in [9.17, 15) is 13.2 Å². The highest BCUT2D eigenvalue weighted by Crippen LogP contribution is 2.18. The minimum Gasteiger partial charge on any atom is -0.348 e. The second-order valence-corrected chi connectivity index (χ2v) is 7.56. The van der Waals surface area contributed by atoms with Crippen molar-refractivity contribution in [3.8, 4) is 0 Å². The van der Waals surface area contributed by atoms with Crippen molar-refractivity contribution in [1.82, 2.24) is 9.62 Å². The van der Waals surface area contributed by atoms with Gasteiger partial charge in [-0.05, 0) is 30.7 Å². The second-order valence-electron chi connectivity index (χ2n) is 5.44. The van der Waals surface area contributed by atoms with Gasteiger partial charge in [-0.3, -0.25) is 4.79 Å². The summed E-state index contributed by atoms with van der Waals surface area (Å²) in [6.45, 7) is 2.10. The van der Waals surface area contributed by atoms with Gasteiger partial charge in [0.05, 0.1) is 4.90 Å². The van der Waals surface area contributed by atoms with Crippen molar-refractivity contribution in [2.24, 2.45) is 0 Å². The Balaban J connectivity index is 2.19. The maximum atomic E-state index is 12.3. The second kappa shape index (κ2) is 6.93. The molecule has 0 aliphatic rings. The van der Waals surface area contributed by atoms with Crippen LogP contribution in [0, 0.1) is 6.92 Å². The zero-order valence-corrected chi connectivity index (χ0v) is 14.2. The first-order chi connectivity index (χ1) is 10.8. The lowest BCUT2D eigenvalue weighted by molar-refractivity contribution is 0.0950. The molecule has 2 aromatic carbocycles. The standard InChI is InChI=1S/C17H20N2O3S/c1-13-8-10-14(11-9-13)17(20)18-12-15-6-4-5-7-16(15)23(21,22)19(2)3/h4-11H,12H2,1-3H3,(H,18,20). The van der Waals surface area contributed by atoms with E-state index in [1.165, 1.54) is 14.1 Å². The van der Waals surface area contributed by atoms with Crippen LogP contribution >= 0.6 is 0 Å². The predicted octanol–water partition coefficient (Wildman–Crippen LogP) is 2.18. The summed E-state index contributed by atoms with van der Waals surface area (Å²) >= 11 is 0. The molecule has 2 aromatic rings. The molecule has 0 unspecified atom stereocenters. The lowest BCUT2D eigenvalue weighted by Crippen LogP contribution is -2.27. The van der Waals surface area contributed by atoms with Gasteiger partial charge in [-0.1, -0.05) is 35.9 Å². The van der Waals surface area contributed by atoms with Crippen LogP contribution < -0.4 is 5.32 Å². The largest absolute Gasteiger partial charge is 0.348 e. The third kappa shape index (κ3) is 3.97. The fourth-order valence-electron chi connectivity index (χ4n) is 2.08. The Labute approximate surface area is 137 Å². The summed E-state index contributed by atoms with van der Waals surface area (Å²) < 4.78 is 25.8. The normalized spacial score (nSPS) is 11.5. The molecule has 1 amide bonds. The minimum absolute atomic E-state index is 0.149. The molecular formula is C17H20N2O3S. The lowest BCUT2D eigenvalue weighted by atomic mass is 10.1. The summed E-state index contributed by atoms with van der Waals surface area (Å²) in [4.78, 5) is 12.4. The molecule has 23 heavy (non-hydrogen) atoms. The Bertz CT molecular complexity index is 797. The van der Waals surface area contributed by atoms with Gasteiger partial charge in [0.1, 0.15) is 0 Å². The van der Waals surface area contributed by atoms with Crippen LogP contribution in [0.4, 0.5) is 0 Å². The van der Waals surface area contributed by atoms with Crippen LogP contribution in [0.1, 0.15) is 21.5 Å². The van der Waals surface area contributed by atoms with Gasteiger partial charge in [0.15, 0.2) is 0 Å². The van der Waals surface area contributed by atoms with E-state index >= 15 is 0 Å². The highest BCUT2D eigenvalue weighted by Gasteiger charge is 2.20. The molecule has 0 radical (unpaired) electrons. The van der Waals surface area contributed by atoms with Gasteiger partial charge in [0.2, 0.25) is 10.0 Å². The highest BCUT2D eigenvalue weighted by molar-refractivity contribution is 7.89.